The fourth-order valence-corrected chi connectivity index (χ4v) is 3.14. The number of nitrogens with one attached hydrogen (secondary N) is 1. The lowest BCUT2D eigenvalue weighted by molar-refractivity contribution is -0.221. The summed E-state index contributed by atoms with van der Waals surface area (Å²) in [6, 6.07) is 5.37. The molecule has 20 heavy (non-hydrogen) atoms. The Bertz CT molecular complexity index is 473. The molecule has 1 aromatic carbocycles. The zero-order valence-corrected chi connectivity index (χ0v) is 13.5. The predicted molar refractivity (Wildman–Crippen MR) is 79.2 cm³/mol. The number of halogens is 2. The molecule has 0 saturated carbocycles. The molecule has 112 valence electrons. The highest BCUT2D eigenvalue weighted by Gasteiger charge is 2.43. The van der Waals surface area contributed by atoms with Crippen LogP contribution in [0.5, 0.6) is 0 Å². The first-order valence-corrected chi connectivity index (χ1v) is 7.54. The third kappa shape index (κ3) is 3.33. The minimum atomic E-state index is -1.40. The van der Waals surface area contributed by atoms with Gasteiger partial charge in [-0.2, -0.15) is 0 Å². The van der Waals surface area contributed by atoms with Crippen molar-refractivity contribution in [1.82, 2.24) is 0 Å². The lowest BCUT2D eigenvalue weighted by atomic mass is 9.98. The lowest BCUT2D eigenvalue weighted by Crippen LogP contribution is -2.60. The van der Waals surface area contributed by atoms with E-state index in [4.69, 9.17) is 9.84 Å². The molecule has 0 aliphatic carbocycles. The largest absolute Gasteiger partial charge is 0.394 e. The van der Waals surface area contributed by atoms with Gasteiger partial charge in [0.1, 0.15) is 24.4 Å². The van der Waals surface area contributed by atoms with Crippen molar-refractivity contribution in [3.8, 4) is 0 Å². The minimum absolute atomic E-state index is 0.454. The average molecular weight is 413 g/mol. The molecule has 0 amide bonds. The van der Waals surface area contributed by atoms with Gasteiger partial charge in [0.15, 0.2) is 6.23 Å². The van der Waals surface area contributed by atoms with Gasteiger partial charge in [0.2, 0.25) is 0 Å². The van der Waals surface area contributed by atoms with Gasteiger partial charge in [-0.3, -0.25) is 0 Å². The second-order valence-electron chi connectivity index (χ2n) is 4.52. The minimum Gasteiger partial charge on any atom is -0.394 e. The highest BCUT2D eigenvalue weighted by atomic mass is 79.9. The van der Waals surface area contributed by atoms with Crippen molar-refractivity contribution in [2.75, 3.05) is 11.9 Å². The summed E-state index contributed by atoms with van der Waals surface area (Å²) < 4.78 is 6.98. The normalized spacial score (nSPS) is 34.0. The van der Waals surface area contributed by atoms with E-state index in [1.54, 1.807) is 12.1 Å². The van der Waals surface area contributed by atoms with Crippen LogP contribution < -0.4 is 5.32 Å². The van der Waals surface area contributed by atoms with Crippen molar-refractivity contribution in [2.24, 2.45) is 0 Å². The Hall–Kier alpha value is -0.220. The molecule has 5 N–H and O–H groups in total. The first kappa shape index (κ1) is 16.2. The number of hydrogen-bond donors (Lipinski definition) is 5. The zero-order chi connectivity index (χ0) is 14.9. The quantitative estimate of drug-likeness (QED) is 0.493. The third-order valence-electron chi connectivity index (χ3n) is 3.12. The van der Waals surface area contributed by atoms with Crippen LogP contribution in [-0.4, -0.2) is 57.7 Å². The van der Waals surface area contributed by atoms with Crippen LogP contribution in [0, 0.1) is 0 Å². The molecule has 0 radical (unpaired) electrons. The number of benzene rings is 1. The van der Waals surface area contributed by atoms with Crippen molar-refractivity contribution in [2.45, 2.75) is 30.6 Å². The maximum Gasteiger partial charge on any atom is 0.157 e. The van der Waals surface area contributed by atoms with Crippen molar-refractivity contribution >= 4 is 37.5 Å². The van der Waals surface area contributed by atoms with Crippen LogP contribution in [0.1, 0.15) is 0 Å². The first-order valence-electron chi connectivity index (χ1n) is 5.96. The van der Waals surface area contributed by atoms with Crippen molar-refractivity contribution in [1.29, 1.82) is 0 Å². The van der Waals surface area contributed by atoms with Crippen molar-refractivity contribution in [3.05, 3.63) is 27.1 Å². The number of rotatable bonds is 3. The smallest absolute Gasteiger partial charge is 0.157 e. The molecule has 0 bridgehead atoms. The second-order valence-corrected chi connectivity index (χ2v) is 6.29. The highest BCUT2D eigenvalue weighted by molar-refractivity contribution is 9.11. The number of anilines is 1. The molecule has 1 fully saturated rings. The number of hydrogen-bond acceptors (Lipinski definition) is 6. The first-order chi connectivity index (χ1) is 9.43. The van der Waals surface area contributed by atoms with Crippen LogP contribution in [0.2, 0.25) is 0 Å². The van der Waals surface area contributed by atoms with Gasteiger partial charge in [-0.15, -0.1) is 0 Å². The van der Waals surface area contributed by atoms with Crippen molar-refractivity contribution in [3.63, 3.8) is 0 Å². The summed E-state index contributed by atoms with van der Waals surface area (Å²) in [6.45, 7) is -0.454. The summed E-state index contributed by atoms with van der Waals surface area (Å²) in [6.07, 6.45) is -5.94. The maximum absolute atomic E-state index is 9.92. The fraction of sp³-hybridized carbons (Fsp3) is 0.500. The number of aliphatic hydroxyl groups excluding tert-OH is 4. The Kier molecular flexibility index (Phi) is 5.41. The molecule has 1 unspecified atom stereocenters. The topological polar surface area (TPSA) is 102 Å². The van der Waals surface area contributed by atoms with Gasteiger partial charge in [0.05, 0.1) is 12.3 Å². The summed E-state index contributed by atoms with van der Waals surface area (Å²) in [5, 5.41) is 41.4. The average Bonchev–Trinajstić information content (AvgIpc) is 2.42. The van der Waals surface area contributed by atoms with Crippen LogP contribution in [0.25, 0.3) is 0 Å². The SMILES string of the molecule is OC[C@H]1OC(Nc2ccc(Br)cc2Br)[C@H](O)[C@@H](O)[C@@H]1O. The van der Waals surface area contributed by atoms with Crippen LogP contribution in [0.4, 0.5) is 5.69 Å². The summed E-state index contributed by atoms with van der Waals surface area (Å²) in [7, 11) is 0. The molecule has 1 aliphatic heterocycles. The molecule has 2 rings (SSSR count). The number of aliphatic hydroxyl groups is 4. The highest BCUT2D eigenvalue weighted by Crippen LogP contribution is 2.29. The van der Waals surface area contributed by atoms with Crippen LogP contribution >= 0.6 is 31.9 Å². The summed E-state index contributed by atoms with van der Waals surface area (Å²) in [5.74, 6) is 0. The maximum atomic E-state index is 9.92. The summed E-state index contributed by atoms with van der Waals surface area (Å²) >= 11 is 6.69. The Balaban J connectivity index is 2.15. The molecule has 0 spiro atoms. The second kappa shape index (κ2) is 6.69. The molecule has 1 aromatic rings. The standard InChI is InChI=1S/C12H15Br2NO5/c13-5-1-2-7(6(14)3-5)15-12-11(19)10(18)9(17)8(4-16)20-12/h1-3,8-12,15-19H,4H2/t8-,9-,10+,11-,12?/m1/s1. The Labute approximate surface area is 132 Å². The van der Waals surface area contributed by atoms with Gasteiger partial charge in [0.25, 0.3) is 0 Å². The molecule has 6 nitrogen and oxygen atoms in total. The third-order valence-corrected chi connectivity index (χ3v) is 4.27. The van der Waals surface area contributed by atoms with Crippen LogP contribution in [-0.2, 0) is 4.74 Å². The van der Waals surface area contributed by atoms with Gasteiger partial charge < -0.3 is 30.5 Å². The molecule has 5 atom stereocenters. The van der Waals surface area contributed by atoms with Gasteiger partial charge in [-0.25, -0.2) is 0 Å². The molecule has 1 saturated heterocycles. The van der Waals surface area contributed by atoms with E-state index in [1.165, 1.54) is 0 Å². The van der Waals surface area contributed by atoms with Gasteiger partial charge in [-0.05, 0) is 34.1 Å². The molecule has 1 heterocycles. The summed E-state index contributed by atoms with van der Waals surface area (Å²) in [5.41, 5.74) is 0.650. The van der Waals surface area contributed by atoms with E-state index in [9.17, 15) is 15.3 Å². The zero-order valence-electron chi connectivity index (χ0n) is 10.3. The Morgan fingerprint density at radius 2 is 1.80 bits per heavy atom. The fourth-order valence-electron chi connectivity index (χ4n) is 1.98. The van der Waals surface area contributed by atoms with Gasteiger partial charge in [-0.1, -0.05) is 15.9 Å². The van der Waals surface area contributed by atoms with E-state index in [0.29, 0.717) is 5.69 Å². The van der Waals surface area contributed by atoms with E-state index in [-0.39, 0.29) is 0 Å². The molecular weight excluding hydrogens is 398 g/mol. The predicted octanol–water partition coefficient (Wildman–Crippen LogP) is 0.423. The molecule has 1 aliphatic rings. The van der Waals surface area contributed by atoms with E-state index in [2.05, 4.69) is 37.2 Å². The van der Waals surface area contributed by atoms with E-state index in [0.717, 1.165) is 8.95 Å². The monoisotopic (exact) mass is 411 g/mol. The Morgan fingerprint density at radius 3 is 2.40 bits per heavy atom. The van der Waals surface area contributed by atoms with Crippen LogP contribution in [0.3, 0.4) is 0 Å². The van der Waals surface area contributed by atoms with Gasteiger partial charge in [0, 0.05) is 8.95 Å². The van der Waals surface area contributed by atoms with Gasteiger partial charge >= 0.3 is 0 Å². The van der Waals surface area contributed by atoms with E-state index < -0.39 is 37.3 Å². The lowest BCUT2D eigenvalue weighted by Gasteiger charge is -2.40. The van der Waals surface area contributed by atoms with Crippen LogP contribution in [0.15, 0.2) is 27.1 Å². The summed E-state index contributed by atoms with van der Waals surface area (Å²) in [4.78, 5) is 0. The van der Waals surface area contributed by atoms with Crippen molar-refractivity contribution < 1.29 is 25.2 Å². The molecule has 8 heteroatoms. The number of ether oxygens (including phenoxy) is 1. The Morgan fingerprint density at radius 1 is 1.10 bits per heavy atom. The van der Waals surface area contributed by atoms with E-state index >= 15 is 0 Å². The van der Waals surface area contributed by atoms with E-state index in [1.807, 2.05) is 6.07 Å². The molecule has 0 aromatic heterocycles. The molecular formula is C12H15Br2NO5.